The Hall–Kier alpha value is -2.80. The van der Waals surface area contributed by atoms with Crippen molar-refractivity contribution in [2.24, 2.45) is 4.99 Å². The molecule has 0 saturated heterocycles. The molecule has 2 N–H and O–H groups in total. The molecule has 7 heteroatoms. The number of hydrogen-bond acceptors (Lipinski definition) is 5. The molecule has 0 amide bonds. The first-order chi connectivity index (χ1) is 13.8. The van der Waals surface area contributed by atoms with Crippen molar-refractivity contribution >= 4 is 5.96 Å². The largest absolute Gasteiger partial charge is 0.488 e. The van der Waals surface area contributed by atoms with E-state index in [9.17, 15) is 0 Å². The van der Waals surface area contributed by atoms with Crippen LogP contribution in [0.3, 0.4) is 0 Å². The van der Waals surface area contributed by atoms with Crippen LogP contribution in [0, 0.1) is 0 Å². The smallest absolute Gasteiger partial charge is 0.218 e. The van der Waals surface area contributed by atoms with Gasteiger partial charge < -0.3 is 24.8 Å². The zero-order valence-corrected chi connectivity index (χ0v) is 16.5. The number of pyridine rings is 1. The molecule has 0 saturated carbocycles. The number of nitrogens with zero attached hydrogens (tertiary/aromatic N) is 2. The van der Waals surface area contributed by atoms with E-state index in [1.165, 1.54) is 5.56 Å². The van der Waals surface area contributed by atoms with Crippen LogP contribution >= 0.6 is 0 Å². The SMILES string of the molecule is CCNC(=NCc1cccnc1OCCOC)NCC1Cc2ccccc2O1. The lowest BCUT2D eigenvalue weighted by molar-refractivity contribution is 0.143. The lowest BCUT2D eigenvalue weighted by Gasteiger charge is -2.15. The Morgan fingerprint density at radius 1 is 1.21 bits per heavy atom. The number of nitrogens with one attached hydrogen (secondary N) is 2. The van der Waals surface area contributed by atoms with Gasteiger partial charge in [-0.2, -0.15) is 0 Å². The van der Waals surface area contributed by atoms with Gasteiger partial charge in [-0.3, -0.25) is 0 Å². The van der Waals surface area contributed by atoms with Gasteiger partial charge in [-0.15, -0.1) is 0 Å². The van der Waals surface area contributed by atoms with Crippen molar-refractivity contribution in [1.29, 1.82) is 0 Å². The van der Waals surface area contributed by atoms with E-state index in [1.807, 2.05) is 37.3 Å². The minimum Gasteiger partial charge on any atom is -0.488 e. The van der Waals surface area contributed by atoms with E-state index in [2.05, 4.69) is 26.7 Å². The molecular formula is C21H28N4O3. The fourth-order valence-corrected chi connectivity index (χ4v) is 2.98. The molecule has 150 valence electrons. The molecule has 1 aromatic heterocycles. The number of guanidine groups is 1. The highest BCUT2D eigenvalue weighted by molar-refractivity contribution is 5.79. The number of hydrogen-bond donors (Lipinski definition) is 2. The lowest BCUT2D eigenvalue weighted by atomic mass is 10.1. The Labute approximate surface area is 166 Å². The van der Waals surface area contributed by atoms with Crippen molar-refractivity contribution in [3.8, 4) is 11.6 Å². The van der Waals surface area contributed by atoms with Crippen molar-refractivity contribution in [1.82, 2.24) is 15.6 Å². The summed E-state index contributed by atoms with van der Waals surface area (Å²) in [6.07, 6.45) is 2.73. The third-order valence-electron chi connectivity index (χ3n) is 4.34. The molecule has 0 fully saturated rings. The van der Waals surface area contributed by atoms with Gasteiger partial charge in [0.05, 0.1) is 19.7 Å². The maximum Gasteiger partial charge on any atom is 0.218 e. The summed E-state index contributed by atoms with van der Waals surface area (Å²) in [7, 11) is 1.65. The van der Waals surface area contributed by atoms with E-state index in [1.54, 1.807) is 13.3 Å². The van der Waals surface area contributed by atoms with Crippen LogP contribution in [0.5, 0.6) is 11.6 Å². The number of aliphatic imine (C=N–C) groups is 1. The fraction of sp³-hybridized carbons (Fsp3) is 0.429. The molecule has 2 heterocycles. The van der Waals surface area contributed by atoms with Gasteiger partial charge in [0.15, 0.2) is 5.96 Å². The topological polar surface area (TPSA) is 77.0 Å². The number of rotatable bonds is 9. The van der Waals surface area contributed by atoms with Crippen molar-refractivity contribution in [2.45, 2.75) is 26.0 Å². The summed E-state index contributed by atoms with van der Waals surface area (Å²) in [4.78, 5) is 8.97. The van der Waals surface area contributed by atoms with Gasteiger partial charge in [0.2, 0.25) is 5.88 Å². The first-order valence-corrected chi connectivity index (χ1v) is 9.62. The number of methoxy groups -OCH3 is 1. The standard InChI is InChI=1S/C21H28N4O3/c1-3-22-21(25-15-18-13-16-7-4-5-9-19(16)28-18)24-14-17-8-6-10-23-20(17)27-12-11-26-2/h4-10,18H,3,11-15H2,1-2H3,(H2,22,24,25). The molecule has 2 aromatic rings. The summed E-state index contributed by atoms with van der Waals surface area (Å²) in [5.41, 5.74) is 2.18. The second kappa shape index (κ2) is 10.5. The molecule has 3 rings (SSSR count). The second-order valence-electron chi connectivity index (χ2n) is 6.44. The van der Waals surface area contributed by atoms with Gasteiger partial charge in [-0.05, 0) is 24.6 Å². The summed E-state index contributed by atoms with van der Waals surface area (Å²) in [6.45, 7) is 4.96. The third-order valence-corrected chi connectivity index (χ3v) is 4.34. The molecule has 1 aliphatic heterocycles. The normalized spacial score (nSPS) is 15.6. The minimum atomic E-state index is 0.104. The number of fused-ring (bicyclic) bond motifs is 1. The van der Waals surface area contributed by atoms with Crippen molar-refractivity contribution in [3.05, 3.63) is 53.7 Å². The molecule has 28 heavy (non-hydrogen) atoms. The Morgan fingerprint density at radius 3 is 2.93 bits per heavy atom. The monoisotopic (exact) mass is 384 g/mol. The van der Waals surface area contributed by atoms with Crippen molar-refractivity contribution < 1.29 is 14.2 Å². The lowest BCUT2D eigenvalue weighted by Crippen LogP contribution is -2.42. The van der Waals surface area contributed by atoms with Crippen LogP contribution in [0.25, 0.3) is 0 Å². The Morgan fingerprint density at radius 2 is 2.11 bits per heavy atom. The number of ether oxygens (including phenoxy) is 3. The highest BCUT2D eigenvalue weighted by atomic mass is 16.5. The zero-order valence-electron chi connectivity index (χ0n) is 16.5. The van der Waals surface area contributed by atoms with Gasteiger partial charge in [0, 0.05) is 31.8 Å². The molecule has 0 aliphatic carbocycles. The van der Waals surface area contributed by atoms with Crippen molar-refractivity contribution in [3.63, 3.8) is 0 Å². The van der Waals surface area contributed by atoms with E-state index in [-0.39, 0.29) is 6.10 Å². The average molecular weight is 384 g/mol. The average Bonchev–Trinajstić information content (AvgIpc) is 3.14. The van der Waals surface area contributed by atoms with Gasteiger partial charge in [-0.25, -0.2) is 9.98 Å². The Kier molecular flexibility index (Phi) is 7.49. The highest BCUT2D eigenvalue weighted by Crippen LogP contribution is 2.27. The van der Waals surface area contributed by atoms with Crippen LogP contribution in [0.4, 0.5) is 0 Å². The highest BCUT2D eigenvalue weighted by Gasteiger charge is 2.22. The summed E-state index contributed by atoms with van der Waals surface area (Å²) >= 11 is 0. The van der Waals surface area contributed by atoms with Gasteiger partial charge >= 0.3 is 0 Å². The molecule has 0 bridgehead atoms. The maximum absolute atomic E-state index is 5.99. The molecule has 1 aliphatic rings. The van der Waals surface area contributed by atoms with Crippen LogP contribution in [-0.4, -0.2) is 50.5 Å². The summed E-state index contributed by atoms with van der Waals surface area (Å²) in [6, 6.07) is 12.0. The molecule has 0 radical (unpaired) electrons. The summed E-state index contributed by atoms with van der Waals surface area (Å²) in [5.74, 6) is 2.31. The predicted octanol–water partition coefficient (Wildman–Crippen LogP) is 2.17. The van der Waals surface area contributed by atoms with Crippen LogP contribution in [0.15, 0.2) is 47.6 Å². The maximum atomic E-state index is 5.99. The van der Waals surface area contributed by atoms with E-state index in [0.29, 0.717) is 32.2 Å². The first-order valence-electron chi connectivity index (χ1n) is 9.62. The van der Waals surface area contributed by atoms with E-state index < -0.39 is 0 Å². The Bertz CT molecular complexity index is 757. The zero-order chi connectivity index (χ0) is 19.6. The third kappa shape index (κ3) is 5.60. The summed E-state index contributed by atoms with van der Waals surface area (Å²) < 4.78 is 16.7. The van der Waals surface area contributed by atoms with Gasteiger partial charge in [0.25, 0.3) is 0 Å². The number of para-hydroxylation sites is 1. The molecular weight excluding hydrogens is 356 g/mol. The van der Waals surface area contributed by atoms with Gasteiger partial charge in [0.1, 0.15) is 18.5 Å². The molecule has 1 aromatic carbocycles. The van der Waals surface area contributed by atoms with Gasteiger partial charge in [-0.1, -0.05) is 24.3 Å². The molecule has 0 spiro atoms. The minimum absolute atomic E-state index is 0.104. The van der Waals surface area contributed by atoms with Crippen LogP contribution in [0.1, 0.15) is 18.1 Å². The molecule has 1 unspecified atom stereocenters. The van der Waals surface area contributed by atoms with E-state index in [0.717, 1.165) is 30.2 Å². The second-order valence-corrected chi connectivity index (χ2v) is 6.44. The number of aromatic nitrogens is 1. The van der Waals surface area contributed by atoms with Crippen LogP contribution in [0.2, 0.25) is 0 Å². The number of benzene rings is 1. The Balaban J connectivity index is 1.56. The predicted molar refractivity (Wildman–Crippen MR) is 109 cm³/mol. The first kappa shape index (κ1) is 19.9. The molecule has 1 atom stereocenters. The van der Waals surface area contributed by atoms with Crippen LogP contribution < -0.4 is 20.1 Å². The quantitative estimate of drug-likeness (QED) is 0.392. The summed E-state index contributed by atoms with van der Waals surface area (Å²) in [5, 5.41) is 6.64. The van der Waals surface area contributed by atoms with Crippen molar-refractivity contribution in [2.75, 3.05) is 33.4 Å². The van der Waals surface area contributed by atoms with E-state index >= 15 is 0 Å². The fourth-order valence-electron chi connectivity index (χ4n) is 2.98. The van der Waals surface area contributed by atoms with E-state index in [4.69, 9.17) is 14.2 Å². The van der Waals surface area contributed by atoms with Crippen LogP contribution in [-0.2, 0) is 17.7 Å². The molecule has 7 nitrogen and oxygen atoms in total.